The third kappa shape index (κ3) is 4.35. The number of fused-ring (bicyclic) bond motifs is 1. The van der Waals surface area contributed by atoms with E-state index in [1.807, 2.05) is 18.7 Å². The number of carbonyl (C=O) groups excluding carboxylic acids is 2. The summed E-state index contributed by atoms with van der Waals surface area (Å²) in [4.78, 5) is 26.2. The molecule has 8 nitrogen and oxygen atoms in total. The van der Waals surface area contributed by atoms with Crippen molar-refractivity contribution < 1.29 is 22.7 Å². The fourth-order valence-corrected chi connectivity index (χ4v) is 4.58. The first-order chi connectivity index (χ1) is 13.3. The summed E-state index contributed by atoms with van der Waals surface area (Å²) >= 11 is 0. The Hall–Kier alpha value is -2.42. The predicted molar refractivity (Wildman–Crippen MR) is 103 cm³/mol. The van der Waals surface area contributed by atoms with Crippen molar-refractivity contribution >= 4 is 27.7 Å². The maximum atomic E-state index is 12.4. The van der Waals surface area contributed by atoms with Crippen LogP contribution in [0.2, 0.25) is 0 Å². The smallest absolute Gasteiger partial charge is 0.311 e. The van der Waals surface area contributed by atoms with Gasteiger partial charge in [0.1, 0.15) is 4.90 Å². The number of ether oxygens (including phenoxy) is 1. The molecule has 1 amide bonds. The molecule has 0 aromatic heterocycles. The normalized spacial score (nSPS) is 21.4. The molecular formula is C19H25N3O5S. The van der Waals surface area contributed by atoms with Crippen molar-refractivity contribution in [3.05, 3.63) is 29.8 Å². The highest BCUT2D eigenvalue weighted by molar-refractivity contribution is 7.90. The molecule has 2 aliphatic heterocycles. The topological polar surface area (TPSA) is 105 Å². The quantitative estimate of drug-likeness (QED) is 0.738. The lowest BCUT2D eigenvalue weighted by Crippen LogP contribution is -2.43. The standard InChI is InChI=1S/C19H25N3O5S/c1-3-13(2)20-17(23)12-27-19(24)14-7-6-10-22(11-14)18-15-8-4-5-9-16(15)28(25,26)21-18/h4-5,8-9,13-14H,3,6-7,10-12H2,1-2H3,(H,20,23)/t13-,14+/m0/s1. The summed E-state index contributed by atoms with van der Waals surface area (Å²) in [5, 5.41) is 2.75. The lowest BCUT2D eigenvalue weighted by molar-refractivity contribution is -0.153. The van der Waals surface area contributed by atoms with Gasteiger partial charge in [0.2, 0.25) is 0 Å². The van der Waals surface area contributed by atoms with Gasteiger partial charge in [-0.2, -0.15) is 8.42 Å². The van der Waals surface area contributed by atoms with Crippen LogP contribution in [-0.2, 0) is 24.3 Å². The fraction of sp³-hybridized carbons (Fsp3) is 0.526. The second-order valence-electron chi connectivity index (χ2n) is 7.16. The molecule has 1 fully saturated rings. The van der Waals surface area contributed by atoms with Gasteiger partial charge < -0.3 is 15.0 Å². The van der Waals surface area contributed by atoms with Gasteiger partial charge >= 0.3 is 5.97 Å². The summed E-state index contributed by atoms with van der Waals surface area (Å²) in [5.41, 5.74) is 0.560. The van der Waals surface area contributed by atoms with Crippen LogP contribution in [0.15, 0.2) is 33.6 Å². The molecule has 0 saturated carbocycles. The van der Waals surface area contributed by atoms with E-state index in [-0.39, 0.29) is 23.5 Å². The SMILES string of the molecule is CC[C@H](C)NC(=O)COC(=O)[C@@H]1CCCN(C2=NS(=O)(=O)c3ccccc32)C1. The van der Waals surface area contributed by atoms with Gasteiger partial charge in [0.05, 0.1) is 5.92 Å². The van der Waals surface area contributed by atoms with Crippen molar-refractivity contribution in [3.63, 3.8) is 0 Å². The van der Waals surface area contributed by atoms with Crippen LogP contribution in [0.5, 0.6) is 0 Å². The van der Waals surface area contributed by atoms with Crippen LogP contribution in [-0.4, -0.2) is 56.8 Å². The zero-order valence-corrected chi connectivity index (χ0v) is 16.9. The van der Waals surface area contributed by atoms with Gasteiger partial charge in [-0.1, -0.05) is 19.1 Å². The van der Waals surface area contributed by atoms with E-state index in [4.69, 9.17) is 4.74 Å². The van der Waals surface area contributed by atoms with Gasteiger partial charge in [-0.05, 0) is 38.3 Å². The van der Waals surface area contributed by atoms with E-state index in [0.29, 0.717) is 37.3 Å². The Morgan fingerprint density at radius 1 is 1.36 bits per heavy atom. The highest BCUT2D eigenvalue weighted by atomic mass is 32.2. The lowest BCUT2D eigenvalue weighted by atomic mass is 9.97. The van der Waals surface area contributed by atoms with Crippen molar-refractivity contribution in [2.75, 3.05) is 19.7 Å². The number of amides is 1. The number of hydrogen-bond acceptors (Lipinski definition) is 6. The van der Waals surface area contributed by atoms with Crippen molar-refractivity contribution in [1.29, 1.82) is 0 Å². The highest BCUT2D eigenvalue weighted by Gasteiger charge is 2.35. The number of amidine groups is 1. The van der Waals surface area contributed by atoms with Gasteiger partial charge in [0, 0.05) is 24.7 Å². The summed E-state index contributed by atoms with van der Waals surface area (Å²) in [7, 11) is -3.70. The van der Waals surface area contributed by atoms with Gasteiger partial charge in [0.15, 0.2) is 12.4 Å². The number of rotatable bonds is 5. The Morgan fingerprint density at radius 2 is 2.11 bits per heavy atom. The molecule has 0 spiro atoms. The van der Waals surface area contributed by atoms with Gasteiger partial charge in [0.25, 0.3) is 15.9 Å². The average Bonchev–Trinajstić information content (AvgIpc) is 2.97. The molecule has 0 bridgehead atoms. The molecular weight excluding hydrogens is 382 g/mol. The fourth-order valence-electron chi connectivity index (χ4n) is 3.35. The van der Waals surface area contributed by atoms with Crippen LogP contribution in [0.1, 0.15) is 38.7 Å². The molecule has 1 saturated heterocycles. The Morgan fingerprint density at radius 3 is 2.86 bits per heavy atom. The summed E-state index contributed by atoms with van der Waals surface area (Å²) in [6, 6.07) is 6.71. The van der Waals surface area contributed by atoms with Gasteiger partial charge in [-0.3, -0.25) is 9.59 Å². The number of piperidine rings is 1. The molecule has 0 radical (unpaired) electrons. The van der Waals surface area contributed by atoms with Gasteiger partial charge in [-0.25, -0.2) is 0 Å². The molecule has 2 atom stereocenters. The van der Waals surface area contributed by atoms with Crippen molar-refractivity contribution in [1.82, 2.24) is 10.2 Å². The lowest BCUT2D eigenvalue weighted by Gasteiger charge is -2.32. The first-order valence-corrected chi connectivity index (χ1v) is 10.9. The third-order valence-corrected chi connectivity index (χ3v) is 6.36. The number of esters is 1. The Kier molecular flexibility index (Phi) is 6.02. The molecule has 3 rings (SSSR count). The number of sulfonamides is 1. The van der Waals surface area contributed by atoms with E-state index in [1.54, 1.807) is 18.2 Å². The third-order valence-electron chi connectivity index (χ3n) is 5.03. The number of likely N-dealkylation sites (tertiary alicyclic amines) is 1. The highest BCUT2D eigenvalue weighted by Crippen LogP contribution is 2.29. The number of nitrogens with one attached hydrogen (secondary N) is 1. The Balaban J connectivity index is 1.63. The number of benzene rings is 1. The largest absolute Gasteiger partial charge is 0.455 e. The molecule has 1 N–H and O–H groups in total. The first kappa shape index (κ1) is 20.3. The summed E-state index contributed by atoms with van der Waals surface area (Å²) in [6.45, 7) is 4.46. The maximum Gasteiger partial charge on any atom is 0.311 e. The first-order valence-electron chi connectivity index (χ1n) is 9.47. The maximum absolute atomic E-state index is 12.4. The summed E-state index contributed by atoms with van der Waals surface area (Å²) < 4.78 is 33.6. The van der Waals surface area contributed by atoms with Crippen molar-refractivity contribution in [2.45, 2.75) is 44.0 Å². The minimum Gasteiger partial charge on any atom is -0.455 e. The van der Waals surface area contributed by atoms with E-state index >= 15 is 0 Å². The van der Waals surface area contributed by atoms with E-state index < -0.39 is 21.9 Å². The predicted octanol–water partition coefficient (Wildman–Crippen LogP) is 1.31. The average molecular weight is 407 g/mol. The molecule has 28 heavy (non-hydrogen) atoms. The van der Waals surface area contributed by atoms with Crippen LogP contribution in [0.4, 0.5) is 0 Å². The molecule has 0 unspecified atom stereocenters. The molecule has 9 heteroatoms. The zero-order valence-electron chi connectivity index (χ0n) is 16.1. The second kappa shape index (κ2) is 8.30. The van der Waals surface area contributed by atoms with E-state index in [2.05, 4.69) is 9.71 Å². The number of hydrogen-bond donors (Lipinski definition) is 1. The van der Waals surface area contributed by atoms with Crippen LogP contribution in [0, 0.1) is 5.92 Å². The second-order valence-corrected chi connectivity index (χ2v) is 8.73. The van der Waals surface area contributed by atoms with Crippen molar-refractivity contribution in [2.24, 2.45) is 10.3 Å². The minimum atomic E-state index is -3.70. The Bertz CT molecular complexity index is 897. The minimum absolute atomic E-state index is 0.0266. The molecule has 152 valence electrons. The van der Waals surface area contributed by atoms with E-state index in [0.717, 1.165) is 6.42 Å². The van der Waals surface area contributed by atoms with Gasteiger partial charge in [-0.15, -0.1) is 4.40 Å². The van der Waals surface area contributed by atoms with Crippen LogP contribution in [0.25, 0.3) is 0 Å². The zero-order chi connectivity index (χ0) is 20.3. The van der Waals surface area contributed by atoms with Crippen molar-refractivity contribution in [3.8, 4) is 0 Å². The molecule has 1 aromatic rings. The molecule has 2 heterocycles. The summed E-state index contributed by atoms with van der Waals surface area (Å²) in [6.07, 6.45) is 2.13. The van der Waals surface area contributed by atoms with Crippen LogP contribution < -0.4 is 5.32 Å². The van der Waals surface area contributed by atoms with E-state index in [9.17, 15) is 18.0 Å². The monoisotopic (exact) mass is 407 g/mol. The molecule has 2 aliphatic rings. The molecule has 1 aromatic carbocycles. The summed E-state index contributed by atoms with van der Waals surface area (Å²) in [5.74, 6) is -0.819. The molecule has 0 aliphatic carbocycles. The number of carbonyl (C=O) groups is 2. The number of nitrogens with zero attached hydrogens (tertiary/aromatic N) is 2. The Labute approximate surface area is 165 Å². The van der Waals surface area contributed by atoms with Crippen LogP contribution >= 0.6 is 0 Å². The van der Waals surface area contributed by atoms with E-state index in [1.165, 1.54) is 6.07 Å². The van der Waals surface area contributed by atoms with Crippen LogP contribution in [0.3, 0.4) is 0 Å².